The van der Waals surface area contributed by atoms with Gasteiger partial charge >= 0.3 is 0 Å². The van der Waals surface area contributed by atoms with Crippen molar-refractivity contribution < 1.29 is 23.5 Å². The Morgan fingerprint density at radius 3 is 2.73 bits per heavy atom. The van der Waals surface area contributed by atoms with Crippen LogP contribution in [0.3, 0.4) is 0 Å². The van der Waals surface area contributed by atoms with Gasteiger partial charge in [-0.05, 0) is 123 Å². The molecule has 0 aromatic heterocycles. The molecule has 1 saturated heterocycles. The summed E-state index contributed by atoms with van der Waals surface area (Å²) in [6, 6.07) is 9.41. The molecule has 5 unspecified atom stereocenters. The number of amides is 2. The number of nitrogens with zero attached hydrogens (tertiary/aromatic N) is 3. The smallest absolute Gasteiger partial charge is 0.261 e. The lowest BCUT2D eigenvalue weighted by Gasteiger charge is -2.47. The molecule has 1 spiro atoms. The van der Waals surface area contributed by atoms with Gasteiger partial charge in [-0.25, -0.2) is 4.39 Å². The average Bonchev–Trinajstić information content (AvgIpc) is 3.25. The van der Waals surface area contributed by atoms with E-state index in [4.69, 9.17) is 21.1 Å². The first-order chi connectivity index (χ1) is 24.5. The molecule has 2 aromatic carbocycles. The molecule has 2 amide bonds. The summed E-state index contributed by atoms with van der Waals surface area (Å²) >= 11 is 7.74. The Morgan fingerprint density at radius 1 is 1.16 bits per heavy atom. The van der Waals surface area contributed by atoms with Crippen molar-refractivity contribution in [1.82, 2.24) is 14.5 Å². The number of hydrogen-bond donors (Lipinski definition) is 1. The Labute approximate surface area is 311 Å². The van der Waals surface area contributed by atoms with Gasteiger partial charge in [0.15, 0.2) is 0 Å². The van der Waals surface area contributed by atoms with Gasteiger partial charge in [-0.2, -0.15) is 0 Å². The molecule has 3 heterocycles. The van der Waals surface area contributed by atoms with Crippen molar-refractivity contribution in [2.45, 2.75) is 76.1 Å². The summed E-state index contributed by atoms with van der Waals surface area (Å²) in [5.41, 5.74) is 3.87. The lowest BCUT2D eigenvalue weighted by Crippen LogP contribution is -2.51. The molecule has 2 aliphatic carbocycles. The van der Waals surface area contributed by atoms with Gasteiger partial charge in [-0.1, -0.05) is 37.6 Å². The molecule has 11 heteroatoms. The molecule has 276 valence electrons. The highest BCUT2D eigenvalue weighted by Gasteiger charge is 2.46. The van der Waals surface area contributed by atoms with Gasteiger partial charge in [-0.3, -0.25) is 14.3 Å². The number of benzene rings is 2. The predicted octanol–water partition coefficient (Wildman–Crippen LogP) is 6.89. The SMILES string of the molecule is C/C1=C\C(C)CC(C)SNC(=O)c2ccc3c(c2)N(C[C@@H]2CCC2C1OCC(=O)N1CCN(C)CC1)CC1(CCCc2c1ccc(Cl)c2F)CO3. The molecular formula is C40H52ClFN4O4S. The first-order valence-electron chi connectivity index (χ1n) is 18.7. The Kier molecular flexibility index (Phi) is 11.0. The van der Waals surface area contributed by atoms with Crippen LogP contribution in [-0.4, -0.2) is 92.5 Å². The summed E-state index contributed by atoms with van der Waals surface area (Å²) < 4.78 is 31.9. The van der Waals surface area contributed by atoms with Crippen LogP contribution in [0.1, 0.15) is 74.4 Å². The van der Waals surface area contributed by atoms with E-state index in [9.17, 15) is 9.59 Å². The molecule has 8 nitrogen and oxygen atoms in total. The third-order valence-electron chi connectivity index (χ3n) is 12.0. The Bertz CT molecular complexity index is 1670. The molecule has 1 saturated carbocycles. The average molecular weight is 739 g/mol. The quantitative estimate of drug-likeness (QED) is 0.272. The van der Waals surface area contributed by atoms with E-state index >= 15 is 4.39 Å². The maximum atomic E-state index is 15.5. The molecule has 51 heavy (non-hydrogen) atoms. The summed E-state index contributed by atoms with van der Waals surface area (Å²) in [5, 5.41) is 0.347. The zero-order chi connectivity index (χ0) is 35.9. The van der Waals surface area contributed by atoms with Crippen molar-refractivity contribution >= 4 is 41.1 Å². The number of halogens is 2. The van der Waals surface area contributed by atoms with Crippen molar-refractivity contribution in [3.8, 4) is 5.75 Å². The van der Waals surface area contributed by atoms with Gasteiger partial charge in [0, 0.05) is 55.5 Å². The van der Waals surface area contributed by atoms with Gasteiger partial charge < -0.3 is 24.2 Å². The van der Waals surface area contributed by atoms with Gasteiger partial charge in [0.1, 0.15) is 18.2 Å². The van der Waals surface area contributed by atoms with Crippen LogP contribution in [0.25, 0.3) is 0 Å². The molecule has 0 radical (unpaired) electrons. The summed E-state index contributed by atoms with van der Waals surface area (Å²) in [7, 11) is 2.09. The first-order valence-corrected chi connectivity index (χ1v) is 20.0. The van der Waals surface area contributed by atoms with Gasteiger partial charge in [-0.15, -0.1) is 0 Å². The van der Waals surface area contributed by atoms with Crippen molar-refractivity contribution in [2.24, 2.45) is 17.8 Å². The number of rotatable bonds is 3. The van der Waals surface area contributed by atoms with Crippen molar-refractivity contribution in [1.29, 1.82) is 0 Å². The van der Waals surface area contributed by atoms with Gasteiger partial charge in [0.05, 0.1) is 23.4 Å². The third kappa shape index (κ3) is 7.66. The Balaban J connectivity index is 1.23. The Morgan fingerprint density at radius 2 is 1.96 bits per heavy atom. The van der Waals surface area contributed by atoms with Crippen molar-refractivity contribution in [2.75, 3.05) is 64.4 Å². The largest absolute Gasteiger partial charge is 0.490 e. The van der Waals surface area contributed by atoms with Crippen LogP contribution in [0.2, 0.25) is 5.02 Å². The van der Waals surface area contributed by atoms with Crippen LogP contribution in [0.4, 0.5) is 10.1 Å². The fourth-order valence-corrected chi connectivity index (χ4v) is 10.1. The van der Waals surface area contributed by atoms with Crippen LogP contribution in [0, 0.1) is 23.6 Å². The molecule has 3 aliphatic heterocycles. The van der Waals surface area contributed by atoms with E-state index in [1.54, 1.807) is 6.07 Å². The molecule has 2 bridgehead atoms. The lowest BCUT2D eigenvalue weighted by molar-refractivity contribution is -0.141. The van der Waals surface area contributed by atoms with E-state index in [1.807, 2.05) is 29.2 Å². The maximum absolute atomic E-state index is 15.5. The number of likely N-dealkylation sites (N-methyl/N-ethyl adjacent to an activating group) is 1. The number of anilines is 1. The topological polar surface area (TPSA) is 74.4 Å². The van der Waals surface area contributed by atoms with E-state index in [0.717, 1.165) is 81.8 Å². The molecular weight excluding hydrogens is 687 g/mol. The number of ether oxygens (including phenoxy) is 2. The Hall–Kier alpha value is -2.79. The second kappa shape index (κ2) is 15.3. The van der Waals surface area contributed by atoms with E-state index < -0.39 is 5.41 Å². The van der Waals surface area contributed by atoms with Crippen molar-refractivity contribution in [3.05, 3.63) is 69.5 Å². The summed E-state index contributed by atoms with van der Waals surface area (Å²) in [6.07, 6.45) is 7.44. The lowest BCUT2D eigenvalue weighted by atomic mass is 9.67. The molecule has 2 fully saturated rings. The first kappa shape index (κ1) is 36.6. The van der Waals surface area contributed by atoms with Gasteiger partial charge in [0.25, 0.3) is 5.91 Å². The summed E-state index contributed by atoms with van der Waals surface area (Å²) in [4.78, 5) is 33.5. The van der Waals surface area contributed by atoms with Crippen LogP contribution in [0.15, 0.2) is 42.0 Å². The normalized spacial score (nSPS) is 31.3. The molecule has 2 aromatic rings. The fraction of sp³-hybridized carbons (Fsp3) is 0.600. The second-order valence-corrected chi connectivity index (χ2v) is 17.4. The zero-order valence-corrected chi connectivity index (χ0v) is 32.0. The minimum atomic E-state index is -0.443. The van der Waals surface area contributed by atoms with Crippen LogP contribution >= 0.6 is 23.5 Å². The van der Waals surface area contributed by atoms with E-state index in [1.165, 1.54) is 17.5 Å². The van der Waals surface area contributed by atoms with E-state index in [2.05, 4.69) is 48.4 Å². The minimum Gasteiger partial charge on any atom is -0.490 e. The highest BCUT2D eigenvalue weighted by Crippen LogP contribution is 2.48. The standard InChI is InChI=1S/C40H52ClFN4O4S/c1-25-18-26(2)38(49-22-36(47)45-16-14-44(4)15-17-45)30-9-7-29(30)21-46-23-40(13-5-6-31-32(40)10-11-33(41)37(31)42)24-50-35-12-8-28(20-34(35)46)39(48)43-51-27(3)19-25/h8,10-12,18,20,25,27,29-30,38H,5-7,9,13-17,19,21-24H2,1-4H3,(H,43,48)/b26-18+/t25?,27?,29-,30?,38?,40?/m0/s1. The maximum Gasteiger partial charge on any atom is 0.261 e. The highest BCUT2D eigenvalue weighted by atomic mass is 35.5. The number of hydrogen-bond acceptors (Lipinski definition) is 7. The van der Waals surface area contributed by atoms with Gasteiger partial charge in [0.2, 0.25) is 5.91 Å². The van der Waals surface area contributed by atoms with Crippen LogP contribution < -0.4 is 14.4 Å². The third-order valence-corrected chi connectivity index (χ3v) is 13.2. The summed E-state index contributed by atoms with van der Waals surface area (Å²) in [5.74, 6) is 1.14. The monoisotopic (exact) mass is 738 g/mol. The minimum absolute atomic E-state index is 0.0593. The van der Waals surface area contributed by atoms with Crippen LogP contribution in [-0.2, 0) is 21.4 Å². The molecule has 6 atom stereocenters. The van der Waals surface area contributed by atoms with E-state index in [-0.39, 0.29) is 52.5 Å². The highest BCUT2D eigenvalue weighted by molar-refractivity contribution is 7.98. The van der Waals surface area contributed by atoms with E-state index in [0.29, 0.717) is 36.6 Å². The second-order valence-electron chi connectivity index (χ2n) is 15.8. The number of carbonyl (C=O) groups excluding carboxylic acids is 2. The number of nitrogens with one attached hydrogen (secondary N) is 1. The number of fused-ring (bicyclic) bond motifs is 4. The zero-order valence-electron chi connectivity index (χ0n) is 30.4. The van der Waals surface area contributed by atoms with Crippen LogP contribution in [0.5, 0.6) is 5.75 Å². The fourth-order valence-electron chi connectivity index (χ4n) is 9.09. The van der Waals surface area contributed by atoms with Crippen molar-refractivity contribution in [3.63, 3.8) is 0 Å². The molecule has 5 aliphatic rings. The number of carbonyl (C=O) groups is 2. The molecule has 1 N–H and O–H groups in total. The molecule has 7 rings (SSSR count). The predicted molar refractivity (Wildman–Crippen MR) is 202 cm³/mol. The number of piperazine rings is 1. The summed E-state index contributed by atoms with van der Waals surface area (Å²) in [6.45, 7) is 11.6. The number of allylic oxidation sites excluding steroid dienone is 1.